The highest BCUT2D eigenvalue weighted by Crippen LogP contribution is 2.12. The second kappa shape index (κ2) is 7.58. The molecular formula is C16H21N5O3. The van der Waals surface area contributed by atoms with E-state index < -0.39 is 11.7 Å². The van der Waals surface area contributed by atoms with Crippen LogP contribution < -0.4 is 10.1 Å². The Kier molecular flexibility index (Phi) is 5.51. The molecule has 0 aliphatic heterocycles. The lowest BCUT2D eigenvalue weighted by molar-refractivity contribution is 0.0561. The number of aliphatic imine (C=N–C) groups is 1. The SMILES string of the molecule is COc1ccc(CN=C(NC(=O)OC(C)(C)C)n2cncn2)cc1. The number of aromatic nitrogens is 3. The van der Waals surface area contributed by atoms with Gasteiger partial charge in [-0.25, -0.2) is 14.8 Å². The lowest BCUT2D eigenvalue weighted by atomic mass is 10.2. The number of ether oxygens (including phenoxy) is 2. The largest absolute Gasteiger partial charge is 0.497 e. The Labute approximate surface area is 140 Å². The first kappa shape index (κ1) is 17.5. The molecule has 1 aromatic carbocycles. The van der Waals surface area contributed by atoms with Crippen molar-refractivity contribution in [3.8, 4) is 5.75 Å². The zero-order chi connectivity index (χ0) is 17.6. The Bertz CT molecular complexity index is 688. The number of methoxy groups -OCH3 is 1. The van der Waals surface area contributed by atoms with E-state index in [1.165, 1.54) is 17.3 Å². The van der Waals surface area contributed by atoms with Gasteiger partial charge in [-0.05, 0) is 38.5 Å². The summed E-state index contributed by atoms with van der Waals surface area (Å²) in [5.41, 5.74) is 0.354. The second-order valence-corrected chi connectivity index (χ2v) is 5.95. The monoisotopic (exact) mass is 331 g/mol. The maximum Gasteiger partial charge on any atom is 0.414 e. The zero-order valence-electron chi connectivity index (χ0n) is 14.2. The van der Waals surface area contributed by atoms with Gasteiger partial charge in [-0.2, -0.15) is 9.78 Å². The molecule has 0 atom stereocenters. The quantitative estimate of drug-likeness (QED) is 0.688. The van der Waals surface area contributed by atoms with Gasteiger partial charge in [0.1, 0.15) is 24.0 Å². The number of hydrogen-bond acceptors (Lipinski definition) is 6. The summed E-state index contributed by atoms with van der Waals surface area (Å²) in [6.07, 6.45) is 2.20. The van der Waals surface area contributed by atoms with Crippen molar-refractivity contribution in [2.75, 3.05) is 7.11 Å². The Hall–Kier alpha value is -2.90. The molecule has 1 amide bonds. The fraction of sp³-hybridized carbons (Fsp3) is 0.375. The standard InChI is InChI=1S/C16H21N5O3/c1-16(2,3)24-15(22)20-14(21-11-17-10-19-21)18-9-12-5-7-13(23-4)8-6-12/h5-8,10-11H,9H2,1-4H3,(H,18,20,22). The highest BCUT2D eigenvalue weighted by Gasteiger charge is 2.18. The minimum atomic E-state index is -0.605. The highest BCUT2D eigenvalue weighted by molar-refractivity contribution is 5.94. The van der Waals surface area contributed by atoms with Crippen LogP contribution in [-0.4, -0.2) is 39.5 Å². The van der Waals surface area contributed by atoms with E-state index in [0.717, 1.165) is 11.3 Å². The molecule has 128 valence electrons. The van der Waals surface area contributed by atoms with Crippen LogP contribution in [0.3, 0.4) is 0 Å². The number of amides is 1. The smallest absolute Gasteiger partial charge is 0.414 e. The molecule has 2 aromatic rings. The molecule has 0 bridgehead atoms. The maximum atomic E-state index is 12.0. The van der Waals surface area contributed by atoms with Crippen LogP contribution in [0.1, 0.15) is 26.3 Å². The van der Waals surface area contributed by atoms with Crippen LogP contribution in [0.4, 0.5) is 4.79 Å². The van der Waals surface area contributed by atoms with E-state index >= 15 is 0 Å². The molecule has 0 spiro atoms. The predicted octanol–water partition coefficient (Wildman–Crippen LogP) is 2.22. The van der Waals surface area contributed by atoms with Gasteiger partial charge in [0.15, 0.2) is 0 Å². The third kappa shape index (κ3) is 5.38. The van der Waals surface area contributed by atoms with Gasteiger partial charge >= 0.3 is 6.09 Å². The number of nitrogens with one attached hydrogen (secondary N) is 1. The van der Waals surface area contributed by atoms with Crippen LogP contribution in [0.15, 0.2) is 41.9 Å². The van der Waals surface area contributed by atoms with E-state index in [0.29, 0.717) is 6.54 Å². The molecule has 1 aromatic heterocycles. The van der Waals surface area contributed by atoms with Crippen molar-refractivity contribution >= 4 is 12.1 Å². The topological polar surface area (TPSA) is 90.6 Å². The highest BCUT2D eigenvalue weighted by atomic mass is 16.6. The number of carbonyl (C=O) groups excluding carboxylic acids is 1. The summed E-state index contributed by atoms with van der Waals surface area (Å²) in [5, 5.41) is 6.58. The van der Waals surface area contributed by atoms with Gasteiger partial charge < -0.3 is 9.47 Å². The molecule has 8 nitrogen and oxygen atoms in total. The molecule has 1 heterocycles. The van der Waals surface area contributed by atoms with Crippen molar-refractivity contribution in [3.63, 3.8) is 0 Å². The van der Waals surface area contributed by atoms with Gasteiger partial charge in [0, 0.05) is 0 Å². The number of benzene rings is 1. The van der Waals surface area contributed by atoms with Crippen molar-refractivity contribution in [1.29, 1.82) is 0 Å². The van der Waals surface area contributed by atoms with Crippen molar-refractivity contribution in [2.45, 2.75) is 32.9 Å². The van der Waals surface area contributed by atoms with Gasteiger partial charge in [-0.15, -0.1) is 0 Å². The number of nitrogens with zero attached hydrogens (tertiary/aromatic N) is 4. The van der Waals surface area contributed by atoms with Crippen LogP contribution in [0.25, 0.3) is 0 Å². The molecule has 2 rings (SSSR count). The van der Waals surface area contributed by atoms with Gasteiger partial charge in [-0.1, -0.05) is 12.1 Å². The van der Waals surface area contributed by atoms with Crippen molar-refractivity contribution in [1.82, 2.24) is 20.1 Å². The Balaban J connectivity index is 2.12. The summed E-state index contributed by atoms with van der Waals surface area (Å²) in [7, 11) is 1.61. The van der Waals surface area contributed by atoms with Gasteiger partial charge in [0.2, 0.25) is 5.96 Å². The lowest BCUT2D eigenvalue weighted by Gasteiger charge is -2.20. The molecule has 0 unspecified atom stereocenters. The summed E-state index contributed by atoms with van der Waals surface area (Å²) in [6, 6.07) is 7.49. The molecular weight excluding hydrogens is 310 g/mol. The van der Waals surface area contributed by atoms with E-state index in [1.807, 2.05) is 24.3 Å². The molecule has 0 saturated carbocycles. The van der Waals surface area contributed by atoms with Gasteiger partial charge in [-0.3, -0.25) is 5.32 Å². The van der Waals surface area contributed by atoms with E-state index in [2.05, 4.69) is 20.4 Å². The summed E-state index contributed by atoms with van der Waals surface area (Å²) in [4.78, 5) is 20.2. The normalized spacial score (nSPS) is 11.9. The Morgan fingerprint density at radius 2 is 2.00 bits per heavy atom. The fourth-order valence-electron chi connectivity index (χ4n) is 1.78. The first-order valence-electron chi connectivity index (χ1n) is 7.40. The van der Waals surface area contributed by atoms with Gasteiger partial charge in [0.05, 0.1) is 13.7 Å². The maximum absolute atomic E-state index is 12.0. The molecule has 24 heavy (non-hydrogen) atoms. The molecule has 1 N–H and O–H groups in total. The first-order chi connectivity index (χ1) is 11.4. The summed E-state index contributed by atoms with van der Waals surface area (Å²) in [5.74, 6) is 1.00. The molecule has 0 fully saturated rings. The Morgan fingerprint density at radius 3 is 2.54 bits per heavy atom. The average molecular weight is 331 g/mol. The van der Waals surface area contributed by atoms with Crippen molar-refractivity contribution in [2.24, 2.45) is 4.99 Å². The van der Waals surface area contributed by atoms with E-state index in [9.17, 15) is 4.79 Å². The second-order valence-electron chi connectivity index (χ2n) is 5.95. The fourth-order valence-corrected chi connectivity index (χ4v) is 1.78. The van der Waals surface area contributed by atoms with Crippen LogP contribution in [0.2, 0.25) is 0 Å². The predicted molar refractivity (Wildman–Crippen MR) is 88.9 cm³/mol. The Morgan fingerprint density at radius 1 is 1.29 bits per heavy atom. The van der Waals surface area contributed by atoms with Gasteiger partial charge in [0.25, 0.3) is 0 Å². The number of hydrogen-bond donors (Lipinski definition) is 1. The summed E-state index contributed by atoms with van der Waals surface area (Å²) >= 11 is 0. The summed E-state index contributed by atoms with van der Waals surface area (Å²) < 4.78 is 11.7. The minimum absolute atomic E-state index is 0.234. The van der Waals surface area contributed by atoms with Crippen LogP contribution in [0, 0.1) is 0 Å². The van der Waals surface area contributed by atoms with E-state index in [-0.39, 0.29) is 5.96 Å². The van der Waals surface area contributed by atoms with Crippen molar-refractivity contribution < 1.29 is 14.3 Å². The average Bonchev–Trinajstić information content (AvgIpc) is 3.04. The lowest BCUT2D eigenvalue weighted by Crippen LogP contribution is -2.40. The molecule has 0 saturated heterocycles. The molecule has 0 aliphatic carbocycles. The number of carbonyl (C=O) groups is 1. The first-order valence-corrected chi connectivity index (χ1v) is 7.40. The number of rotatable bonds is 3. The van der Waals surface area contributed by atoms with E-state index in [1.54, 1.807) is 27.9 Å². The molecule has 0 radical (unpaired) electrons. The summed E-state index contributed by atoms with van der Waals surface area (Å²) in [6.45, 7) is 5.72. The van der Waals surface area contributed by atoms with Crippen LogP contribution >= 0.6 is 0 Å². The molecule has 0 aliphatic rings. The van der Waals surface area contributed by atoms with E-state index in [4.69, 9.17) is 9.47 Å². The molecule has 8 heteroatoms. The third-order valence-electron chi connectivity index (χ3n) is 2.82. The third-order valence-corrected chi connectivity index (χ3v) is 2.82. The van der Waals surface area contributed by atoms with Crippen LogP contribution in [-0.2, 0) is 11.3 Å². The van der Waals surface area contributed by atoms with Crippen molar-refractivity contribution in [3.05, 3.63) is 42.5 Å². The minimum Gasteiger partial charge on any atom is -0.497 e. The zero-order valence-corrected chi connectivity index (χ0v) is 14.2. The number of alkyl carbamates (subject to hydrolysis) is 1. The van der Waals surface area contributed by atoms with Crippen LogP contribution in [0.5, 0.6) is 5.75 Å².